The van der Waals surface area contributed by atoms with E-state index < -0.39 is 10.1 Å². The Morgan fingerprint density at radius 1 is 1.00 bits per heavy atom. The van der Waals surface area contributed by atoms with Gasteiger partial charge >= 0.3 is 0 Å². The van der Waals surface area contributed by atoms with Crippen LogP contribution in [0.2, 0.25) is 0 Å². The minimum absolute atomic E-state index is 0.197. The number of aldehydes is 1. The third-order valence-corrected chi connectivity index (χ3v) is 3.40. The maximum Gasteiger partial charge on any atom is 0.295 e. The fraction of sp³-hybridized carbons (Fsp3) is 0. The highest BCUT2D eigenvalue weighted by molar-refractivity contribution is 7.86. The predicted octanol–water partition coefficient (Wildman–Crippen LogP) is 2.41. The van der Waals surface area contributed by atoms with E-state index in [-0.39, 0.29) is 10.5 Å². The predicted molar refractivity (Wildman–Crippen MR) is 67.1 cm³/mol. The summed E-state index contributed by atoms with van der Waals surface area (Å²) in [6.45, 7) is 0. The molecule has 0 radical (unpaired) electrons. The van der Waals surface area contributed by atoms with Crippen molar-refractivity contribution >= 4 is 16.4 Å². The summed E-state index contributed by atoms with van der Waals surface area (Å²) in [6, 6.07) is 12.9. The Hall–Kier alpha value is -1.98. The molecule has 4 nitrogen and oxygen atoms in total. The lowest BCUT2D eigenvalue weighted by atomic mass is 10.0. The van der Waals surface area contributed by atoms with Gasteiger partial charge in [-0.25, -0.2) is 0 Å². The summed E-state index contributed by atoms with van der Waals surface area (Å²) in [5, 5.41) is 0. The zero-order valence-electron chi connectivity index (χ0n) is 9.28. The van der Waals surface area contributed by atoms with Crippen LogP contribution < -0.4 is 0 Å². The van der Waals surface area contributed by atoms with Crippen LogP contribution in [0.25, 0.3) is 11.1 Å². The SMILES string of the molecule is O=Cc1ccc(-c2ccccc2)c(S(=O)(=O)O)c1. The molecule has 92 valence electrons. The number of rotatable bonds is 3. The average Bonchev–Trinajstić information content (AvgIpc) is 2.38. The van der Waals surface area contributed by atoms with Gasteiger partial charge in [-0.2, -0.15) is 8.42 Å². The summed E-state index contributed by atoms with van der Waals surface area (Å²) >= 11 is 0. The average molecular weight is 262 g/mol. The van der Waals surface area contributed by atoms with Gasteiger partial charge in [0.05, 0.1) is 0 Å². The summed E-state index contributed by atoms with van der Waals surface area (Å²) in [5.41, 5.74) is 1.22. The van der Waals surface area contributed by atoms with Crippen molar-refractivity contribution in [2.45, 2.75) is 4.90 Å². The van der Waals surface area contributed by atoms with Crippen LogP contribution in [0.1, 0.15) is 10.4 Å². The Balaban J connectivity index is 2.72. The van der Waals surface area contributed by atoms with Crippen LogP contribution in [0.15, 0.2) is 53.4 Å². The summed E-state index contributed by atoms with van der Waals surface area (Å²) in [7, 11) is -4.37. The summed E-state index contributed by atoms with van der Waals surface area (Å²) in [4.78, 5) is 10.4. The van der Waals surface area contributed by atoms with E-state index in [1.165, 1.54) is 12.1 Å². The van der Waals surface area contributed by atoms with Crippen LogP contribution in [0.5, 0.6) is 0 Å². The number of carbonyl (C=O) groups is 1. The number of benzene rings is 2. The zero-order chi connectivity index (χ0) is 13.2. The van der Waals surface area contributed by atoms with Crippen molar-refractivity contribution in [1.82, 2.24) is 0 Å². The Morgan fingerprint density at radius 2 is 1.67 bits per heavy atom. The normalized spacial score (nSPS) is 11.2. The first-order valence-electron chi connectivity index (χ1n) is 5.14. The lowest BCUT2D eigenvalue weighted by Gasteiger charge is -2.07. The van der Waals surface area contributed by atoms with Gasteiger partial charge in [0.15, 0.2) is 0 Å². The molecule has 0 heterocycles. The van der Waals surface area contributed by atoms with Crippen LogP contribution in [0.4, 0.5) is 0 Å². The van der Waals surface area contributed by atoms with E-state index in [1.807, 2.05) is 0 Å². The highest BCUT2D eigenvalue weighted by Crippen LogP contribution is 2.27. The molecule has 2 rings (SSSR count). The highest BCUT2D eigenvalue weighted by atomic mass is 32.2. The second-order valence-corrected chi connectivity index (χ2v) is 5.10. The molecule has 1 N–H and O–H groups in total. The Morgan fingerprint density at radius 3 is 2.22 bits per heavy atom. The van der Waals surface area contributed by atoms with Crippen LogP contribution in [-0.4, -0.2) is 19.3 Å². The molecular weight excluding hydrogens is 252 g/mol. The molecule has 0 fully saturated rings. The van der Waals surface area contributed by atoms with Crippen molar-refractivity contribution in [3.8, 4) is 11.1 Å². The summed E-state index contributed by atoms with van der Waals surface area (Å²) in [6.07, 6.45) is 0.531. The lowest BCUT2D eigenvalue weighted by Crippen LogP contribution is -2.02. The molecular formula is C13H10O4S. The zero-order valence-corrected chi connectivity index (χ0v) is 10.1. The minimum atomic E-state index is -4.37. The molecule has 5 heteroatoms. The summed E-state index contributed by atoms with van der Waals surface area (Å²) < 4.78 is 31.9. The molecule has 0 aliphatic rings. The maximum absolute atomic E-state index is 11.3. The molecule has 2 aromatic rings. The second kappa shape index (κ2) is 4.72. The lowest BCUT2D eigenvalue weighted by molar-refractivity contribution is 0.112. The van der Waals surface area contributed by atoms with Crippen molar-refractivity contribution < 1.29 is 17.8 Å². The standard InChI is InChI=1S/C13H10O4S/c14-9-10-6-7-12(11-4-2-1-3-5-11)13(8-10)18(15,16)17/h1-9H,(H,15,16,17). The molecule has 18 heavy (non-hydrogen) atoms. The van der Waals surface area contributed by atoms with E-state index >= 15 is 0 Å². The third kappa shape index (κ3) is 2.47. The van der Waals surface area contributed by atoms with Gasteiger partial charge in [0.2, 0.25) is 0 Å². The quantitative estimate of drug-likeness (QED) is 0.681. The van der Waals surface area contributed by atoms with Crippen LogP contribution in [0.3, 0.4) is 0 Å². The minimum Gasteiger partial charge on any atom is -0.298 e. The van der Waals surface area contributed by atoms with Crippen molar-refractivity contribution in [2.24, 2.45) is 0 Å². The highest BCUT2D eigenvalue weighted by Gasteiger charge is 2.17. The van der Waals surface area contributed by atoms with Gasteiger partial charge in [0.1, 0.15) is 11.2 Å². The number of carbonyl (C=O) groups excluding carboxylic acids is 1. The molecule has 0 aromatic heterocycles. The van der Waals surface area contributed by atoms with Gasteiger partial charge in [-0.15, -0.1) is 0 Å². The van der Waals surface area contributed by atoms with Crippen LogP contribution in [0, 0.1) is 0 Å². The Kier molecular flexibility index (Phi) is 3.27. The van der Waals surface area contributed by atoms with Crippen molar-refractivity contribution in [3.05, 3.63) is 54.1 Å². The van der Waals surface area contributed by atoms with E-state index in [2.05, 4.69) is 0 Å². The first-order chi connectivity index (χ1) is 8.52. The molecule has 2 aromatic carbocycles. The van der Waals surface area contributed by atoms with Gasteiger partial charge in [0, 0.05) is 11.1 Å². The van der Waals surface area contributed by atoms with Gasteiger partial charge < -0.3 is 0 Å². The van der Waals surface area contributed by atoms with Gasteiger partial charge in [-0.3, -0.25) is 9.35 Å². The van der Waals surface area contributed by atoms with E-state index in [4.69, 9.17) is 0 Å². The van der Waals surface area contributed by atoms with Crippen LogP contribution in [-0.2, 0) is 10.1 Å². The van der Waals surface area contributed by atoms with E-state index in [1.54, 1.807) is 30.3 Å². The molecule has 0 saturated carbocycles. The molecule has 0 spiro atoms. The Labute approximate surface area is 105 Å². The number of hydrogen-bond acceptors (Lipinski definition) is 3. The largest absolute Gasteiger partial charge is 0.298 e. The van der Waals surface area contributed by atoms with Crippen molar-refractivity contribution in [1.29, 1.82) is 0 Å². The van der Waals surface area contributed by atoms with Gasteiger partial charge in [-0.05, 0) is 11.6 Å². The van der Waals surface area contributed by atoms with E-state index in [0.717, 1.165) is 6.07 Å². The number of hydrogen-bond donors (Lipinski definition) is 1. The van der Waals surface area contributed by atoms with Gasteiger partial charge in [0.25, 0.3) is 10.1 Å². The molecule has 0 unspecified atom stereocenters. The fourth-order valence-corrected chi connectivity index (χ4v) is 2.43. The monoisotopic (exact) mass is 262 g/mol. The molecule has 0 bridgehead atoms. The summed E-state index contributed by atoms with van der Waals surface area (Å²) in [5.74, 6) is 0. The second-order valence-electron chi connectivity index (χ2n) is 3.71. The first-order valence-corrected chi connectivity index (χ1v) is 6.58. The first kappa shape index (κ1) is 12.5. The Bertz CT molecular complexity index is 675. The molecule has 0 saturated heterocycles. The topological polar surface area (TPSA) is 71.4 Å². The van der Waals surface area contributed by atoms with Crippen molar-refractivity contribution in [3.63, 3.8) is 0 Å². The third-order valence-electron chi connectivity index (χ3n) is 2.50. The molecule has 0 atom stereocenters. The fourth-order valence-electron chi connectivity index (χ4n) is 1.68. The van der Waals surface area contributed by atoms with Crippen LogP contribution >= 0.6 is 0 Å². The smallest absolute Gasteiger partial charge is 0.295 e. The maximum atomic E-state index is 11.3. The molecule has 0 aliphatic heterocycles. The van der Waals surface area contributed by atoms with E-state index in [9.17, 15) is 17.8 Å². The van der Waals surface area contributed by atoms with Crippen molar-refractivity contribution in [2.75, 3.05) is 0 Å². The van der Waals surface area contributed by atoms with E-state index in [0.29, 0.717) is 17.4 Å². The molecule has 0 aliphatic carbocycles. The molecule has 0 amide bonds. The van der Waals surface area contributed by atoms with Gasteiger partial charge in [-0.1, -0.05) is 42.5 Å².